The Bertz CT molecular complexity index is 467. The smallest absolute Gasteiger partial charge is 0.190 e. The molecule has 1 aromatic rings. The second kappa shape index (κ2) is 6.59. The first-order valence-electron chi connectivity index (χ1n) is 7.33. The molecule has 1 aromatic heterocycles. The first-order valence-corrected chi connectivity index (χ1v) is 7.33. The highest BCUT2D eigenvalue weighted by Crippen LogP contribution is 2.30. The number of aromatic nitrogens is 1. The molecule has 1 heterocycles. The molecular weight excluding hydrogens is 252 g/mol. The molecule has 0 radical (unpaired) electrons. The largest absolute Gasteiger partial charge is 0.409 e. The Morgan fingerprint density at radius 3 is 2.80 bits per heavy atom. The number of amidine groups is 1. The summed E-state index contributed by atoms with van der Waals surface area (Å²) in [5.41, 5.74) is 7.32. The molecule has 0 saturated heterocycles. The fourth-order valence-electron chi connectivity index (χ4n) is 2.93. The van der Waals surface area contributed by atoms with E-state index >= 15 is 0 Å². The van der Waals surface area contributed by atoms with Crippen LogP contribution in [0.2, 0.25) is 0 Å². The van der Waals surface area contributed by atoms with Gasteiger partial charge in [0.25, 0.3) is 0 Å². The fourth-order valence-corrected chi connectivity index (χ4v) is 2.93. The number of oxime groups is 1. The normalized spacial score (nSPS) is 16.9. The molecule has 5 heteroatoms. The van der Waals surface area contributed by atoms with E-state index in [4.69, 9.17) is 10.9 Å². The van der Waals surface area contributed by atoms with Crippen molar-refractivity contribution in [3.63, 3.8) is 0 Å². The molecule has 1 aliphatic carbocycles. The minimum absolute atomic E-state index is 0.0763. The van der Waals surface area contributed by atoms with Crippen LogP contribution < -0.4 is 10.6 Å². The molecule has 2 rings (SSSR count). The highest BCUT2D eigenvalue weighted by Gasteiger charge is 2.26. The molecule has 1 saturated carbocycles. The zero-order chi connectivity index (χ0) is 14.5. The van der Waals surface area contributed by atoms with Crippen molar-refractivity contribution < 1.29 is 5.21 Å². The van der Waals surface area contributed by atoms with Gasteiger partial charge in [0.2, 0.25) is 0 Å². The van der Waals surface area contributed by atoms with Crippen LogP contribution in [0.1, 0.15) is 45.2 Å². The monoisotopic (exact) mass is 276 g/mol. The summed E-state index contributed by atoms with van der Waals surface area (Å²) >= 11 is 0. The summed E-state index contributed by atoms with van der Waals surface area (Å²) < 4.78 is 0. The van der Waals surface area contributed by atoms with Crippen molar-refractivity contribution in [1.29, 1.82) is 0 Å². The quantitative estimate of drug-likeness (QED) is 0.375. The number of hydrogen-bond donors (Lipinski definition) is 2. The minimum Gasteiger partial charge on any atom is -0.409 e. The number of hydrogen-bond acceptors (Lipinski definition) is 4. The topological polar surface area (TPSA) is 74.7 Å². The Kier molecular flexibility index (Phi) is 4.82. The van der Waals surface area contributed by atoms with E-state index in [1.54, 1.807) is 6.20 Å². The SMILES string of the molecule is CC(C)CN(c1cccnc1/C(N)=N/O)C1CCCC1. The van der Waals surface area contributed by atoms with Crippen LogP contribution in [-0.4, -0.2) is 28.6 Å². The maximum absolute atomic E-state index is 8.95. The predicted molar refractivity (Wildman–Crippen MR) is 81.2 cm³/mol. The van der Waals surface area contributed by atoms with Crippen LogP contribution in [0, 0.1) is 5.92 Å². The Morgan fingerprint density at radius 1 is 1.50 bits per heavy atom. The van der Waals surface area contributed by atoms with Crippen molar-refractivity contribution in [3.8, 4) is 0 Å². The summed E-state index contributed by atoms with van der Waals surface area (Å²) in [4.78, 5) is 6.68. The van der Waals surface area contributed by atoms with Gasteiger partial charge >= 0.3 is 0 Å². The molecule has 0 atom stereocenters. The van der Waals surface area contributed by atoms with E-state index in [1.807, 2.05) is 12.1 Å². The Hall–Kier alpha value is -1.78. The van der Waals surface area contributed by atoms with Crippen LogP contribution in [0.5, 0.6) is 0 Å². The molecule has 0 unspecified atom stereocenters. The Labute approximate surface area is 120 Å². The van der Waals surface area contributed by atoms with Crippen molar-refractivity contribution in [2.24, 2.45) is 16.8 Å². The average Bonchev–Trinajstić information content (AvgIpc) is 2.97. The Morgan fingerprint density at radius 2 is 2.20 bits per heavy atom. The lowest BCUT2D eigenvalue weighted by Crippen LogP contribution is -2.38. The zero-order valence-electron chi connectivity index (χ0n) is 12.3. The van der Waals surface area contributed by atoms with E-state index in [-0.39, 0.29) is 5.84 Å². The number of rotatable bonds is 5. The van der Waals surface area contributed by atoms with Gasteiger partial charge in [-0.05, 0) is 30.9 Å². The number of nitrogens with zero attached hydrogens (tertiary/aromatic N) is 3. The maximum atomic E-state index is 8.95. The standard InChI is InChI=1S/C15H24N4O/c1-11(2)10-19(12-6-3-4-7-12)13-8-5-9-17-14(13)15(16)18-20/h5,8-9,11-12,20H,3-4,6-7,10H2,1-2H3,(H2,16,18). The van der Waals surface area contributed by atoms with Gasteiger partial charge in [0.1, 0.15) is 5.69 Å². The van der Waals surface area contributed by atoms with Crippen LogP contribution in [0.4, 0.5) is 5.69 Å². The van der Waals surface area contributed by atoms with Gasteiger partial charge in [-0.3, -0.25) is 4.98 Å². The molecule has 5 nitrogen and oxygen atoms in total. The van der Waals surface area contributed by atoms with Gasteiger partial charge in [0.15, 0.2) is 5.84 Å². The molecule has 1 aliphatic rings. The molecule has 110 valence electrons. The van der Waals surface area contributed by atoms with E-state index in [1.165, 1.54) is 25.7 Å². The van der Waals surface area contributed by atoms with Crippen LogP contribution in [0.15, 0.2) is 23.5 Å². The zero-order valence-corrected chi connectivity index (χ0v) is 12.3. The van der Waals surface area contributed by atoms with E-state index < -0.39 is 0 Å². The second-order valence-electron chi connectivity index (χ2n) is 5.84. The third-order valence-corrected chi connectivity index (χ3v) is 3.77. The number of pyridine rings is 1. The lowest BCUT2D eigenvalue weighted by Gasteiger charge is -2.33. The summed E-state index contributed by atoms with van der Waals surface area (Å²) in [5.74, 6) is 0.628. The van der Waals surface area contributed by atoms with Gasteiger partial charge < -0.3 is 15.8 Å². The van der Waals surface area contributed by atoms with Gasteiger partial charge in [0.05, 0.1) is 5.69 Å². The molecule has 1 fully saturated rings. The van der Waals surface area contributed by atoms with Gasteiger partial charge in [0, 0.05) is 18.8 Å². The van der Waals surface area contributed by atoms with Crippen LogP contribution in [-0.2, 0) is 0 Å². The molecule has 0 bridgehead atoms. The molecule has 3 N–H and O–H groups in total. The van der Waals surface area contributed by atoms with E-state index in [9.17, 15) is 0 Å². The van der Waals surface area contributed by atoms with Crippen molar-refractivity contribution in [1.82, 2.24) is 4.98 Å². The van der Waals surface area contributed by atoms with E-state index in [2.05, 4.69) is 28.9 Å². The van der Waals surface area contributed by atoms with E-state index in [0.717, 1.165) is 12.2 Å². The lowest BCUT2D eigenvalue weighted by atomic mass is 10.1. The molecule has 20 heavy (non-hydrogen) atoms. The molecule has 0 spiro atoms. The van der Waals surface area contributed by atoms with Crippen LogP contribution >= 0.6 is 0 Å². The summed E-state index contributed by atoms with van der Waals surface area (Å²) in [5, 5.41) is 12.1. The van der Waals surface area contributed by atoms with Crippen molar-refractivity contribution in [2.45, 2.75) is 45.6 Å². The highest BCUT2D eigenvalue weighted by atomic mass is 16.4. The van der Waals surface area contributed by atoms with Gasteiger partial charge in [-0.2, -0.15) is 0 Å². The van der Waals surface area contributed by atoms with Gasteiger partial charge in [-0.1, -0.05) is 31.8 Å². The molecule has 0 aromatic carbocycles. The third-order valence-electron chi connectivity index (χ3n) is 3.77. The summed E-state index contributed by atoms with van der Waals surface area (Å²) in [6.45, 7) is 5.38. The average molecular weight is 276 g/mol. The van der Waals surface area contributed by atoms with Crippen molar-refractivity contribution in [3.05, 3.63) is 24.0 Å². The summed E-state index contributed by atoms with van der Waals surface area (Å²) in [6, 6.07) is 4.46. The first kappa shape index (κ1) is 14.6. The molecular formula is C15H24N4O. The second-order valence-corrected chi connectivity index (χ2v) is 5.84. The first-order chi connectivity index (χ1) is 9.63. The van der Waals surface area contributed by atoms with Crippen molar-refractivity contribution in [2.75, 3.05) is 11.4 Å². The number of anilines is 1. The minimum atomic E-state index is 0.0763. The lowest BCUT2D eigenvalue weighted by molar-refractivity contribution is 0.318. The van der Waals surface area contributed by atoms with Crippen LogP contribution in [0.25, 0.3) is 0 Å². The summed E-state index contributed by atoms with van der Waals surface area (Å²) in [7, 11) is 0. The molecule has 0 aliphatic heterocycles. The number of nitrogens with two attached hydrogens (primary N) is 1. The maximum Gasteiger partial charge on any atom is 0.190 e. The third kappa shape index (κ3) is 3.21. The van der Waals surface area contributed by atoms with E-state index in [0.29, 0.717) is 17.7 Å². The Balaban J connectivity index is 2.37. The van der Waals surface area contributed by atoms with Gasteiger partial charge in [-0.15, -0.1) is 0 Å². The predicted octanol–water partition coefficient (Wildman–Crippen LogP) is 2.58. The van der Waals surface area contributed by atoms with Gasteiger partial charge in [-0.25, -0.2) is 0 Å². The van der Waals surface area contributed by atoms with Crippen LogP contribution in [0.3, 0.4) is 0 Å². The fraction of sp³-hybridized carbons (Fsp3) is 0.600. The van der Waals surface area contributed by atoms with Crippen molar-refractivity contribution >= 4 is 11.5 Å². The highest BCUT2D eigenvalue weighted by molar-refractivity contribution is 6.00. The molecule has 0 amide bonds. The summed E-state index contributed by atoms with van der Waals surface area (Å²) in [6.07, 6.45) is 6.64.